The second-order valence-corrected chi connectivity index (χ2v) is 4.97. The van der Waals surface area contributed by atoms with Crippen molar-refractivity contribution in [2.45, 2.75) is 25.1 Å². The van der Waals surface area contributed by atoms with Gasteiger partial charge < -0.3 is 15.5 Å². The lowest BCUT2D eigenvalue weighted by molar-refractivity contribution is -0.148. The van der Waals surface area contributed by atoms with Gasteiger partial charge in [0.2, 0.25) is 0 Å². The Labute approximate surface area is 124 Å². The summed E-state index contributed by atoms with van der Waals surface area (Å²) in [7, 11) is 0. The lowest BCUT2D eigenvalue weighted by Crippen LogP contribution is -2.38. The van der Waals surface area contributed by atoms with Crippen LogP contribution in [0.1, 0.15) is 30.1 Å². The molecule has 0 bridgehead atoms. The first kappa shape index (κ1) is 15.2. The highest BCUT2D eigenvalue weighted by atomic mass is 16.4. The van der Waals surface area contributed by atoms with E-state index in [1.54, 1.807) is 0 Å². The number of carboxylic acids is 1. The summed E-state index contributed by atoms with van der Waals surface area (Å²) in [5.74, 6) is -1.24. The molecular formula is C17H19NO3. The van der Waals surface area contributed by atoms with Gasteiger partial charge in [-0.25, -0.2) is 4.79 Å². The molecule has 0 heterocycles. The van der Waals surface area contributed by atoms with Gasteiger partial charge in [-0.05, 0) is 18.1 Å². The number of carboxylic acid groups (broad SMARTS) is 1. The number of carbonyl (C=O) groups is 1. The molecule has 0 aromatic heterocycles. The molecule has 2 rings (SSSR count). The van der Waals surface area contributed by atoms with Crippen LogP contribution in [0.5, 0.6) is 0 Å². The predicted octanol–water partition coefficient (Wildman–Crippen LogP) is 2.52. The highest BCUT2D eigenvalue weighted by Crippen LogP contribution is 2.22. The van der Waals surface area contributed by atoms with Gasteiger partial charge in [0.05, 0.1) is 6.04 Å². The van der Waals surface area contributed by atoms with Gasteiger partial charge in [-0.1, -0.05) is 60.7 Å². The molecule has 3 N–H and O–H groups in total. The molecule has 3 atom stereocenters. The van der Waals surface area contributed by atoms with Gasteiger partial charge in [0.1, 0.15) is 0 Å². The van der Waals surface area contributed by atoms with Crippen LogP contribution >= 0.6 is 0 Å². The number of benzene rings is 2. The smallest absolute Gasteiger partial charge is 0.334 e. The molecule has 0 aliphatic rings. The SMILES string of the molecule is CC(N[C@@H](c1ccccc1)[C@@H](O)C(=O)O)c1ccccc1. The second kappa shape index (κ2) is 7.02. The predicted molar refractivity (Wildman–Crippen MR) is 80.8 cm³/mol. The first-order valence-corrected chi connectivity index (χ1v) is 6.86. The van der Waals surface area contributed by atoms with Crippen LogP contribution in [0.4, 0.5) is 0 Å². The summed E-state index contributed by atoms with van der Waals surface area (Å²) < 4.78 is 0. The Kier molecular flexibility index (Phi) is 5.09. The monoisotopic (exact) mass is 285 g/mol. The Morgan fingerprint density at radius 2 is 1.43 bits per heavy atom. The molecule has 0 fully saturated rings. The summed E-state index contributed by atoms with van der Waals surface area (Å²) in [4.78, 5) is 11.1. The minimum absolute atomic E-state index is 0.0783. The fourth-order valence-electron chi connectivity index (χ4n) is 2.28. The van der Waals surface area contributed by atoms with Gasteiger partial charge in [-0.3, -0.25) is 0 Å². The first-order chi connectivity index (χ1) is 10.1. The van der Waals surface area contributed by atoms with Gasteiger partial charge in [-0.15, -0.1) is 0 Å². The number of aliphatic carboxylic acids is 1. The van der Waals surface area contributed by atoms with Crippen LogP contribution in [0.25, 0.3) is 0 Å². The van der Waals surface area contributed by atoms with E-state index in [0.29, 0.717) is 0 Å². The van der Waals surface area contributed by atoms with Crippen LogP contribution in [0.2, 0.25) is 0 Å². The summed E-state index contributed by atoms with van der Waals surface area (Å²) in [5.41, 5.74) is 1.78. The normalized spacial score (nSPS) is 15.1. The van der Waals surface area contributed by atoms with E-state index in [9.17, 15) is 9.90 Å². The molecule has 0 saturated heterocycles. The van der Waals surface area contributed by atoms with Crippen molar-refractivity contribution in [1.82, 2.24) is 5.32 Å². The second-order valence-electron chi connectivity index (χ2n) is 4.97. The van der Waals surface area contributed by atoms with Gasteiger partial charge in [0.25, 0.3) is 0 Å². The van der Waals surface area contributed by atoms with E-state index >= 15 is 0 Å². The van der Waals surface area contributed by atoms with E-state index in [2.05, 4.69) is 5.32 Å². The van der Waals surface area contributed by atoms with Crippen molar-refractivity contribution in [3.63, 3.8) is 0 Å². The van der Waals surface area contributed by atoms with Gasteiger partial charge >= 0.3 is 5.97 Å². The summed E-state index contributed by atoms with van der Waals surface area (Å²) >= 11 is 0. The van der Waals surface area contributed by atoms with E-state index in [4.69, 9.17) is 5.11 Å². The van der Waals surface area contributed by atoms with Crippen molar-refractivity contribution in [2.24, 2.45) is 0 Å². The summed E-state index contributed by atoms with van der Waals surface area (Å²) in [6.07, 6.45) is -1.50. The van der Waals surface area contributed by atoms with E-state index in [-0.39, 0.29) is 6.04 Å². The molecule has 1 unspecified atom stereocenters. The largest absolute Gasteiger partial charge is 0.479 e. The maximum atomic E-state index is 11.1. The van der Waals surface area contributed by atoms with E-state index in [1.807, 2.05) is 67.6 Å². The highest BCUT2D eigenvalue weighted by Gasteiger charge is 2.28. The van der Waals surface area contributed by atoms with Crippen molar-refractivity contribution in [1.29, 1.82) is 0 Å². The van der Waals surface area contributed by atoms with Crippen LogP contribution in [0.15, 0.2) is 60.7 Å². The van der Waals surface area contributed by atoms with Crippen molar-refractivity contribution in [2.75, 3.05) is 0 Å². The third kappa shape index (κ3) is 3.90. The van der Waals surface area contributed by atoms with Crippen LogP contribution in [0, 0.1) is 0 Å². The van der Waals surface area contributed by atoms with Crippen molar-refractivity contribution >= 4 is 5.97 Å². The van der Waals surface area contributed by atoms with Gasteiger partial charge in [-0.2, -0.15) is 0 Å². The zero-order valence-electron chi connectivity index (χ0n) is 11.8. The molecule has 0 saturated carbocycles. The number of rotatable bonds is 6. The molecule has 4 nitrogen and oxygen atoms in total. The molecule has 110 valence electrons. The summed E-state index contributed by atoms with van der Waals surface area (Å²) in [5, 5.41) is 22.3. The highest BCUT2D eigenvalue weighted by molar-refractivity contribution is 5.73. The average Bonchev–Trinajstić information content (AvgIpc) is 2.53. The zero-order chi connectivity index (χ0) is 15.2. The Morgan fingerprint density at radius 1 is 0.952 bits per heavy atom. The standard InChI is InChI=1S/C17H19NO3/c1-12(13-8-4-2-5-9-13)18-15(16(19)17(20)21)14-10-6-3-7-11-14/h2-12,15-16,18-19H,1H3,(H,20,21)/t12?,15-,16+/m0/s1. The van der Waals surface area contributed by atoms with Crippen molar-refractivity contribution in [3.05, 3.63) is 71.8 Å². The van der Waals surface area contributed by atoms with Crippen LogP contribution < -0.4 is 5.32 Å². The van der Waals surface area contributed by atoms with E-state index < -0.39 is 18.1 Å². The fourth-order valence-corrected chi connectivity index (χ4v) is 2.28. The van der Waals surface area contributed by atoms with E-state index in [0.717, 1.165) is 11.1 Å². The average molecular weight is 285 g/mol. The number of nitrogens with one attached hydrogen (secondary N) is 1. The van der Waals surface area contributed by atoms with E-state index in [1.165, 1.54) is 0 Å². The van der Waals surface area contributed by atoms with Crippen LogP contribution in [0.3, 0.4) is 0 Å². The third-order valence-corrected chi connectivity index (χ3v) is 3.46. The Bertz CT molecular complexity index is 571. The molecule has 0 spiro atoms. The molecule has 0 amide bonds. The molecule has 0 aliphatic carbocycles. The molecule has 0 radical (unpaired) electrons. The Morgan fingerprint density at radius 3 is 1.90 bits per heavy atom. The maximum Gasteiger partial charge on any atom is 0.334 e. The summed E-state index contributed by atoms with van der Waals surface area (Å²) in [6.45, 7) is 1.94. The number of hydrogen-bond donors (Lipinski definition) is 3. The molecule has 2 aromatic carbocycles. The van der Waals surface area contributed by atoms with Gasteiger partial charge in [0.15, 0.2) is 6.10 Å². The topological polar surface area (TPSA) is 69.6 Å². The molecule has 2 aromatic rings. The summed E-state index contributed by atoms with van der Waals surface area (Å²) in [6, 6.07) is 18.1. The number of hydrogen-bond acceptors (Lipinski definition) is 3. The minimum atomic E-state index is -1.50. The van der Waals surface area contributed by atoms with Gasteiger partial charge in [0, 0.05) is 6.04 Å². The van der Waals surface area contributed by atoms with Crippen molar-refractivity contribution in [3.8, 4) is 0 Å². The lowest BCUT2D eigenvalue weighted by atomic mass is 9.99. The number of aliphatic hydroxyl groups is 1. The molecule has 0 aliphatic heterocycles. The van der Waals surface area contributed by atoms with Crippen molar-refractivity contribution < 1.29 is 15.0 Å². The molecular weight excluding hydrogens is 266 g/mol. The Balaban J connectivity index is 2.22. The number of aliphatic hydroxyl groups excluding tert-OH is 1. The fraction of sp³-hybridized carbons (Fsp3) is 0.235. The lowest BCUT2D eigenvalue weighted by Gasteiger charge is -2.26. The molecule has 4 heteroatoms. The Hall–Kier alpha value is -2.17. The first-order valence-electron chi connectivity index (χ1n) is 6.86. The minimum Gasteiger partial charge on any atom is -0.479 e. The maximum absolute atomic E-state index is 11.1. The zero-order valence-corrected chi connectivity index (χ0v) is 11.8. The van der Waals surface area contributed by atoms with Crippen LogP contribution in [-0.4, -0.2) is 22.3 Å². The third-order valence-electron chi connectivity index (χ3n) is 3.46. The quantitative estimate of drug-likeness (QED) is 0.763. The molecule has 21 heavy (non-hydrogen) atoms. The van der Waals surface area contributed by atoms with Crippen LogP contribution in [-0.2, 0) is 4.79 Å².